The zero-order valence-electron chi connectivity index (χ0n) is 10.3. The van der Waals surface area contributed by atoms with Gasteiger partial charge in [0.25, 0.3) is 0 Å². The molecule has 1 unspecified atom stereocenters. The topological polar surface area (TPSA) is 87.7 Å². The second-order valence-corrected chi connectivity index (χ2v) is 5.25. The maximum absolute atomic E-state index is 13.1. The van der Waals surface area contributed by atoms with Gasteiger partial charge in [0.15, 0.2) is 5.54 Å². The van der Waals surface area contributed by atoms with E-state index in [9.17, 15) is 19.1 Å². The average Bonchev–Trinajstić information content (AvgIpc) is 2.83. The van der Waals surface area contributed by atoms with Crippen LogP contribution in [-0.4, -0.2) is 35.9 Å². The second kappa shape index (κ2) is 5.76. The Hall–Kier alpha value is -1.67. The third kappa shape index (κ3) is 3.07. The first-order valence-corrected chi connectivity index (χ1v) is 6.58. The van der Waals surface area contributed by atoms with Gasteiger partial charge in [-0.25, -0.2) is 14.0 Å². The molecule has 1 aromatic rings. The molecule has 0 saturated carbocycles. The van der Waals surface area contributed by atoms with E-state index >= 15 is 0 Å². The van der Waals surface area contributed by atoms with Gasteiger partial charge in [0, 0.05) is 18.7 Å². The zero-order chi connectivity index (χ0) is 14.8. The molecule has 0 spiro atoms. The van der Waals surface area contributed by atoms with Gasteiger partial charge in [-0.15, -0.1) is 0 Å². The minimum absolute atomic E-state index is 0.0805. The number of anilines is 1. The lowest BCUT2D eigenvalue weighted by molar-refractivity contribution is -0.144. The molecule has 1 aliphatic rings. The van der Waals surface area contributed by atoms with Crippen molar-refractivity contribution in [2.24, 2.45) is 0 Å². The van der Waals surface area contributed by atoms with Crippen molar-refractivity contribution in [1.82, 2.24) is 5.32 Å². The van der Waals surface area contributed by atoms with Crippen molar-refractivity contribution in [2.75, 3.05) is 18.5 Å². The Labute approximate surface area is 122 Å². The molecule has 0 aliphatic carbocycles. The molecule has 1 aromatic carbocycles. The molecular formula is C12H12BrFN2O4. The summed E-state index contributed by atoms with van der Waals surface area (Å²) in [6.07, 6.45) is 0.197. The number of carboxylic acid groups (broad SMARTS) is 1. The fraction of sp³-hybridized carbons (Fsp3) is 0.333. The van der Waals surface area contributed by atoms with E-state index in [-0.39, 0.29) is 24.1 Å². The van der Waals surface area contributed by atoms with Crippen molar-refractivity contribution in [3.63, 3.8) is 0 Å². The van der Waals surface area contributed by atoms with E-state index in [1.165, 1.54) is 18.2 Å². The second-order valence-electron chi connectivity index (χ2n) is 4.40. The quantitative estimate of drug-likeness (QED) is 0.780. The van der Waals surface area contributed by atoms with Crippen LogP contribution in [0.15, 0.2) is 22.7 Å². The van der Waals surface area contributed by atoms with Crippen molar-refractivity contribution in [2.45, 2.75) is 12.0 Å². The molecule has 0 bridgehead atoms. The van der Waals surface area contributed by atoms with Crippen molar-refractivity contribution in [3.8, 4) is 0 Å². The predicted molar refractivity (Wildman–Crippen MR) is 72.1 cm³/mol. The van der Waals surface area contributed by atoms with Crippen molar-refractivity contribution in [1.29, 1.82) is 0 Å². The molecule has 3 N–H and O–H groups in total. The highest BCUT2D eigenvalue weighted by Gasteiger charge is 2.44. The molecule has 108 valence electrons. The molecule has 0 radical (unpaired) electrons. The fourth-order valence-electron chi connectivity index (χ4n) is 1.84. The maximum atomic E-state index is 13.1. The summed E-state index contributed by atoms with van der Waals surface area (Å²) in [5.74, 6) is -1.60. The molecule has 2 amide bonds. The third-order valence-corrected chi connectivity index (χ3v) is 3.57. The summed E-state index contributed by atoms with van der Waals surface area (Å²) in [5, 5.41) is 14.0. The molecule has 0 aromatic heterocycles. The number of aliphatic carboxylic acids is 1. The Kier molecular flexibility index (Phi) is 4.24. The van der Waals surface area contributed by atoms with Gasteiger partial charge >= 0.3 is 12.0 Å². The molecule has 1 heterocycles. The number of halogens is 2. The average molecular weight is 347 g/mol. The van der Waals surface area contributed by atoms with Crippen LogP contribution >= 0.6 is 15.9 Å². The van der Waals surface area contributed by atoms with Gasteiger partial charge in [-0.05, 0) is 34.1 Å². The largest absolute Gasteiger partial charge is 0.479 e. The van der Waals surface area contributed by atoms with Crippen LogP contribution in [0.4, 0.5) is 14.9 Å². The van der Waals surface area contributed by atoms with E-state index in [4.69, 9.17) is 4.74 Å². The predicted octanol–water partition coefficient (Wildman–Crippen LogP) is 1.95. The number of carboxylic acids is 1. The number of amides is 2. The fourth-order valence-corrected chi connectivity index (χ4v) is 2.22. The standard InChI is InChI=1S/C12H12BrFN2O4/c13-8-5-7(1-2-9(8)14)15-11(19)16-12(10(17)18)3-4-20-6-12/h1-2,5H,3-4,6H2,(H,17,18)(H2,15,16,19). The van der Waals surface area contributed by atoms with E-state index in [2.05, 4.69) is 26.6 Å². The number of urea groups is 1. The molecule has 8 heteroatoms. The Bertz CT molecular complexity index is 546. The first-order chi connectivity index (χ1) is 9.43. The lowest BCUT2D eigenvalue weighted by Gasteiger charge is -2.23. The van der Waals surface area contributed by atoms with Crippen LogP contribution in [0.3, 0.4) is 0 Å². The van der Waals surface area contributed by atoms with Gasteiger partial charge < -0.3 is 20.5 Å². The highest BCUT2D eigenvalue weighted by Crippen LogP contribution is 2.21. The first kappa shape index (κ1) is 14.7. The van der Waals surface area contributed by atoms with Crippen LogP contribution in [0.5, 0.6) is 0 Å². The number of rotatable bonds is 3. The van der Waals surface area contributed by atoms with Gasteiger partial charge in [-0.2, -0.15) is 0 Å². The Morgan fingerprint density at radius 2 is 2.20 bits per heavy atom. The molecule has 1 aliphatic heterocycles. The number of nitrogens with one attached hydrogen (secondary N) is 2. The molecule has 1 saturated heterocycles. The molecule has 2 rings (SSSR count). The van der Waals surface area contributed by atoms with Crippen LogP contribution in [0.2, 0.25) is 0 Å². The Morgan fingerprint density at radius 3 is 2.75 bits per heavy atom. The molecule has 20 heavy (non-hydrogen) atoms. The van der Waals surface area contributed by atoms with Crippen LogP contribution < -0.4 is 10.6 Å². The van der Waals surface area contributed by atoms with E-state index in [1.807, 2.05) is 0 Å². The minimum Gasteiger partial charge on any atom is -0.479 e. The van der Waals surface area contributed by atoms with Gasteiger partial charge in [-0.1, -0.05) is 0 Å². The van der Waals surface area contributed by atoms with Crippen molar-refractivity contribution >= 4 is 33.6 Å². The van der Waals surface area contributed by atoms with Crippen molar-refractivity contribution < 1.29 is 23.8 Å². The van der Waals surface area contributed by atoms with Crippen LogP contribution in [0.1, 0.15) is 6.42 Å². The molecule has 6 nitrogen and oxygen atoms in total. The van der Waals surface area contributed by atoms with Gasteiger partial charge in [-0.3, -0.25) is 0 Å². The van der Waals surface area contributed by atoms with Gasteiger partial charge in [0.1, 0.15) is 5.82 Å². The highest BCUT2D eigenvalue weighted by molar-refractivity contribution is 9.10. The SMILES string of the molecule is O=C(Nc1ccc(F)c(Br)c1)NC1(C(=O)O)CCOC1. The van der Waals surface area contributed by atoms with E-state index in [0.717, 1.165) is 0 Å². The molecular weight excluding hydrogens is 335 g/mol. The summed E-state index contributed by atoms with van der Waals surface area (Å²) in [7, 11) is 0. The normalized spacial score (nSPS) is 21.5. The maximum Gasteiger partial charge on any atom is 0.332 e. The lowest BCUT2D eigenvalue weighted by atomic mass is 9.99. The summed E-state index contributed by atoms with van der Waals surface area (Å²) < 4.78 is 18.3. The summed E-state index contributed by atoms with van der Waals surface area (Å²) >= 11 is 3.00. The number of hydrogen-bond acceptors (Lipinski definition) is 3. The number of benzene rings is 1. The van der Waals surface area contributed by atoms with Gasteiger partial charge in [0.2, 0.25) is 0 Å². The van der Waals surface area contributed by atoms with Crippen LogP contribution in [0, 0.1) is 5.82 Å². The zero-order valence-corrected chi connectivity index (χ0v) is 11.9. The minimum atomic E-state index is -1.42. The Morgan fingerprint density at radius 1 is 1.45 bits per heavy atom. The summed E-state index contributed by atoms with van der Waals surface area (Å²) in [4.78, 5) is 23.1. The Balaban J connectivity index is 2.04. The van der Waals surface area contributed by atoms with Gasteiger partial charge in [0.05, 0.1) is 11.1 Å². The molecule has 1 fully saturated rings. The van der Waals surface area contributed by atoms with Crippen LogP contribution in [0.25, 0.3) is 0 Å². The summed E-state index contributed by atoms with van der Waals surface area (Å²) in [5.41, 5.74) is -1.07. The number of hydrogen-bond donors (Lipinski definition) is 3. The third-order valence-electron chi connectivity index (χ3n) is 2.96. The smallest absolute Gasteiger partial charge is 0.332 e. The monoisotopic (exact) mass is 346 g/mol. The summed E-state index contributed by atoms with van der Waals surface area (Å²) in [6, 6.07) is 3.26. The number of ether oxygens (including phenoxy) is 1. The van der Waals surface area contributed by atoms with E-state index in [0.29, 0.717) is 5.69 Å². The lowest BCUT2D eigenvalue weighted by Crippen LogP contribution is -2.56. The number of carbonyl (C=O) groups excluding carboxylic acids is 1. The highest BCUT2D eigenvalue weighted by atomic mass is 79.9. The first-order valence-electron chi connectivity index (χ1n) is 5.78. The summed E-state index contributed by atoms with van der Waals surface area (Å²) in [6.45, 7) is 0.192. The van der Waals surface area contributed by atoms with E-state index in [1.54, 1.807) is 0 Å². The number of carbonyl (C=O) groups is 2. The van der Waals surface area contributed by atoms with E-state index < -0.39 is 23.4 Å². The molecule has 1 atom stereocenters. The van der Waals surface area contributed by atoms with Crippen LogP contribution in [-0.2, 0) is 9.53 Å². The van der Waals surface area contributed by atoms with Crippen molar-refractivity contribution in [3.05, 3.63) is 28.5 Å².